The predicted molar refractivity (Wildman–Crippen MR) is 73.7 cm³/mol. The Morgan fingerprint density at radius 2 is 2.16 bits per heavy atom. The zero-order chi connectivity index (χ0) is 14.5. The molecular weight excluding hydrogens is 248 g/mol. The van der Waals surface area contributed by atoms with Gasteiger partial charge in [-0.2, -0.15) is 0 Å². The zero-order valence-electron chi connectivity index (χ0n) is 11.5. The first kappa shape index (κ1) is 15.2. The molecule has 0 saturated heterocycles. The Morgan fingerprint density at radius 1 is 1.47 bits per heavy atom. The monoisotopic (exact) mass is 268 g/mol. The summed E-state index contributed by atoms with van der Waals surface area (Å²) in [4.78, 5) is 10.7. The van der Waals surface area contributed by atoms with Crippen molar-refractivity contribution < 1.29 is 14.8 Å². The van der Waals surface area contributed by atoms with E-state index in [0.717, 1.165) is 0 Å². The largest absolute Gasteiger partial charge is 0.487 e. The van der Waals surface area contributed by atoms with Crippen LogP contribution in [0.15, 0.2) is 18.2 Å². The lowest BCUT2D eigenvalue weighted by Crippen LogP contribution is -2.38. The highest BCUT2D eigenvalue weighted by atomic mass is 16.6. The molecule has 0 aliphatic carbocycles. The summed E-state index contributed by atoms with van der Waals surface area (Å²) in [7, 11) is 0. The number of hydrogen-bond donors (Lipinski definition) is 2. The minimum atomic E-state index is -0.602. The number of aliphatic hydroxyl groups excluding tert-OH is 1. The number of rotatable bonds is 7. The topological polar surface area (TPSA) is 84.6 Å². The van der Waals surface area contributed by atoms with Gasteiger partial charge < -0.3 is 15.2 Å². The lowest BCUT2D eigenvalue weighted by Gasteiger charge is -2.28. The van der Waals surface area contributed by atoms with Crippen LogP contribution in [-0.2, 0) is 0 Å². The molecule has 1 unspecified atom stereocenters. The Hall–Kier alpha value is -1.82. The molecule has 1 aromatic carbocycles. The van der Waals surface area contributed by atoms with Crippen LogP contribution >= 0.6 is 0 Å². The van der Waals surface area contributed by atoms with Crippen LogP contribution in [0.5, 0.6) is 5.75 Å². The van der Waals surface area contributed by atoms with Crippen LogP contribution in [0.2, 0.25) is 0 Å². The summed E-state index contributed by atoms with van der Waals surface area (Å²) in [6.07, 6.45) is 0.638. The minimum Gasteiger partial charge on any atom is -0.487 e. The molecule has 0 bridgehead atoms. The number of ether oxygens (including phenoxy) is 1. The Labute approximate surface area is 112 Å². The van der Waals surface area contributed by atoms with Gasteiger partial charge in [-0.25, -0.2) is 0 Å². The van der Waals surface area contributed by atoms with Gasteiger partial charge in [0.05, 0.1) is 23.7 Å². The molecule has 0 aliphatic heterocycles. The lowest BCUT2D eigenvalue weighted by molar-refractivity contribution is -0.385. The van der Waals surface area contributed by atoms with Crippen LogP contribution < -0.4 is 10.1 Å². The number of hydrogen-bond acceptors (Lipinski definition) is 5. The summed E-state index contributed by atoms with van der Waals surface area (Å²) in [5.41, 5.74) is -0.345. The van der Waals surface area contributed by atoms with E-state index >= 15 is 0 Å². The van der Waals surface area contributed by atoms with Crippen molar-refractivity contribution in [1.29, 1.82) is 0 Å². The van der Waals surface area contributed by atoms with E-state index in [-0.39, 0.29) is 18.0 Å². The molecule has 106 valence electrons. The van der Waals surface area contributed by atoms with Gasteiger partial charge >= 0.3 is 5.69 Å². The van der Waals surface area contributed by atoms with Gasteiger partial charge in [-0.05, 0) is 32.4 Å². The third-order valence-corrected chi connectivity index (χ3v) is 3.05. The van der Waals surface area contributed by atoms with Crippen molar-refractivity contribution in [3.05, 3.63) is 28.3 Å². The number of nitro groups is 1. The molecule has 6 nitrogen and oxygen atoms in total. The van der Waals surface area contributed by atoms with Crippen molar-refractivity contribution in [1.82, 2.24) is 0 Å². The number of anilines is 1. The van der Waals surface area contributed by atoms with Crippen LogP contribution in [0.4, 0.5) is 11.4 Å². The van der Waals surface area contributed by atoms with E-state index in [9.17, 15) is 15.2 Å². The molecule has 0 saturated carbocycles. The molecule has 0 amide bonds. The first-order chi connectivity index (χ1) is 8.97. The molecule has 6 heteroatoms. The fourth-order valence-electron chi connectivity index (χ4n) is 1.65. The number of para-hydroxylation sites is 1. The average molecular weight is 268 g/mol. The molecular formula is C13H20N2O4. The van der Waals surface area contributed by atoms with Gasteiger partial charge in [0.25, 0.3) is 0 Å². The molecule has 0 fully saturated rings. The maximum absolute atomic E-state index is 11.2. The van der Waals surface area contributed by atoms with E-state index in [1.165, 1.54) is 0 Å². The third kappa shape index (κ3) is 3.57. The Bertz CT molecular complexity index is 444. The smallest absolute Gasteiger partial charge is 0.333 e. The second-order valence-corrected chi connectivity index (χ2v) is 4.54. The second kappa shape index (κ2) is 6.38. The second-order valence-electron chi connectivity index (χ2n) is 4.54. The molecule has 19 heavy (non-hydrogen) atoms. The number of nitrogens with one attached hydrogen (secondary N) is 1. The molecule has 1 aromatic rings. The Morgan fingerprint density at radius 3 is 2.63 bits per heavy atom. The van der Waals surface area contributed by atoms with Crippen LogP contribution in [0.25, 0.3) is 0 Å². The molecule has 0 heterocycles. The fraction of sp³-hybridized carbons (Fsp3) is 0.538. The Balaban J connectivity index is 3.20. The van der Waals surface area contributed by atoms with Crippen LogP contribution in [-0.4, -0.2) is 28.8 Å². The summed E-state index contributed by atoms with van der Waals surface area (Å²) < 4.78 is 5.28. The van der Waals surface area contributed by atoms with E-state index in [0.29, 0.717) is 18.7 Å². The minimum absolute atomic E-state index is 0.0996. The number of benzene rings is 1. The number of nitrogens with zero attached hydrogens (tertiary/aromatic N) is 1. The van der Waals surface area contributed by atoms with Gasteiger partial charge in [0.1, 0.15) is 5.69 Å². The van der Waals surface area contributed by atoms with Gasteiger partial charge in [0, 0.05) is 0 Å². The van der Waals surface area contributed by atoms with Crippen molar-refractivity contribution >= 4 is 11.4 Å². The first-order valence-electron chi connectivity index (χ1n) is 6.26. The Kier molecular flexibility index (Phi) is 5.11. The average Bonchev–Trinajstić information content (AvgIpc) is 2.39. The highest BCUT2D eigenvalue weighted by Gasteiger charge is 2.27. The SMILES string of the molecule is CCOc1cccc(NC(C)(CC)CO)c1[N+](=O)[O-]. The molecule has 0 spiro atoms. The van der Waals surface area contributed by atoms with E-state index in [4.69, 9.17) is 4.74 Å². The normalized spacial score (nSPS) is 13.7. The summed E-state index contributed by atoms with van der Waals surface area (Å²) in [6, 6.07) is 4.87. The van der Waals surface area contributed by atoms with E-state index < -0.39 is 10.5 Å². The van der Waals surface area contributed by atoms with E-state index in [2.05, 4.69) is 5.32 Å². The van der Waals surface area contributed by atoms with Crippen LogP contribution in [0, 0.1) is 10.1 Å². The zero-order valence-corrected chi connectivity index (χ0v) is 11.5. The highest BCUT2D eigenvalue weighted by molar-refractivity contribution is 5.69. The van der Waals surface area contributed by atoms with E-state index in [1.54, 1.807) is 25.1 Å². The summed E-state index contributed by atoms with van der Waals surface area (Å²) in [5, 5.41) is 23.6. The fourth-order valence-corrected chi connectivity index (χ4v) is 1.65. The predicted octanol–water partition coefficient (Wildman–Crippen LogP) is 2.57. The van der Waals surface area contributed by atoms with E-state index in [1.807, 2.05) is 13.8 Å². The molecule has 1 rings (SSSR count). The quantitative estimate of drug-likeness (QED) is 0.586. The first-order valence-corrected chi connectivity index (χ1v) is 6.26. The van der Waals surface area contributed by atoms with Crippen molar-refractivity contribution in [2.45, 2.75) is 32.7 Å². The van der Waals surface area contributed by atoms with Crippen molar-refractivity contribution in [2.75, 3.05) is 18.5 Å². The van der Waals surface area contributed by atoms with Crippen molar-refractivity contribution in [2.24, 2.45) is 0 Å². The van der Waals surface area contributed by atoms with Gasteiger partial charge in [0.2, 0.25) is 0 Å². The van der Waals surface area contributed by atoms with Gasteiger partial charge in [-0.1, -0.05) is 13.0 Å². The van der Waals surface area contributed by atoms with Crippen molar-refractivity contribution in [3.8, 4) is 5.75 Å². The molecule has 0 aliphatic rings. The molecule has 1 atom stereocenters. The maximum atomic E-state index is 11.2. The number of aliphatic hydroxyl groups is 1. The summed E-state index contributed by atoms with van der Waals surface area (Å²) >= 11 is 0. The molecule has 0 radical (unpaired) electrons. The molecule has 0 aromatic heterocycles. The maximum Gasteiger partial charge on any atom is 0.333 e. The highest BCUT2D eigenvalue weighted by Crippen LogP contribution is 2.36. The summed E-state index contributed by atoms with van der Waals surface area (Å²) in [5.74, 6) is 0.230. The lowest BCUT2D eigenvalue weighted by atomic mass is 9.99. The number of nitro benzene ring substituents is 1. The van der Waals surface area contributed by atoms with Crippen LogP contribution in [0.1, 0.15) is 27.2 Å². The van der Waals surface area contributed by atoms with Gasteiger partial charge in [0.15, 0.2) is 5.75 Å². The van der Waals surface area contributed by atoms with Crippen LogP contribution in [0.3, 0.4) is 0 Å². The molecule has 2 N–H and O–H groups in total. The van der Waals surface area contributed by atoms with Gasteiger partial charge in [-0.3, -0.25) is 10.1 Å². The summed E-state index contributed by atoms with van der Waals surface area (Å²) in [6.45, 7) is 5.73. The van der Waals surface area contributed by atoms with Gasteiger partial charge in [-0.15, -0.1) is 0 Å². The third-order valence-electron chi connectivity index (χ3n) is 3.05. The van der Waals surface area contributed by atoms with Crippen molar-refractivity contribution in [3.63, 3.8) is 0 Å². The standard InChI is InChI=1S/C13H20N2O4/c1-4-13(3,9-16)14-10-7-6-8-11(19-5-2)12(10)15(17)18/h6-8,14,16H,4-5,9H2,1-3H3.